The summed E-state index contributed by atoms with van der Waals surface area (Å²) >= 11 is 0. The molecule has 0 aromatic heterocycles. The highest BCUT2D eigenvalue weighted by Crippen LogP contribution is 2.29. The summed E-state index contributed by atoms with van der Waals surface area (Å²) in [5.41, 5.74) is 5.61. The lowest BCUT2D eigenvalue weighted by molar-refractivity contribution is -0.152. The first-order valence-electron chi connectivity index (χ1n) is 4.75. The van der Waals surface area contributed by atoms with Gasteiger partial charge in [-0.25, -0.2) is 0 Å². The smallest absolute Gasteiger partial charge is 0.327 e. The van der Waals surface area contributed by atoms with Crippen molar-refractivity contribution >= 4 is 0 Å². The van der Waals surface area contributed by atoms with Crippen LogP contribution in [0.25, 0.3) is 0 Å². The molecule has 0 saturated carbocycles. The van der Waals surface area contributed by atoms with Crippen LogP contribution in [0.2, 0.25) is 0 Å². The fourth-order valence-corrected chi connectivity index (χ4v) is 1.87. The zero-order valence-corrected chi connectivity index (χ0v) is 8.56. The van der Waals surface area contributed by atoms with Crippen molar-refractivity contribution in [2.45, 2.75) is 32.5 Å². The van der Waals surface area contributed by atoms with Crippen LogP contribution in [0.5, 0.6) is 0 Å². The molecule has 1 heterocycles. The van der Waals surface area contributed by atoms with Crippen molar-refractivity contribution in [3.8, 4) is 0 Å². The average Bonchev–Trinajstić information content (AvgIpc) is 1.93. The Morgan fingerprint density at radius 2 is 2.00 bits per heavy atom. The van der Waals surface area contributed by atoms with Gasteiger partial charge in [-0.15, -0.1) is 0 Å². The van der Waals surface area contributed by atoms with Crippen LogP contribution in [0.3, 0.4) is 0 Å². The highest BCUT2D eigenvalue weighted by atomic mass is 19.4. The second-order valence-electron chi connectivity index (χ2n) is 4.71. The van der Waals surface area contributed by atoms with Crippen molar-refractivity contribution < 1.29 is 13.2 Å². The summed E-state index contributed by atoms with van der Waals surface area (Å²) in [7, 11) is 0. The summed E-state index contributed by atoms with van der Waals surface area (Å²) in [6.45, 7) is 3.89. The van der Waals surface area contributed by atoms with Gasteiger partial charge in [0.05, 0.1) is 6.54 Å². The summed E-state index contributed by atoms with van der Waals surface area (Å²) in [4.78, 5) is 1.43. The highest BCUT2D eigenvalue weighted by Gasteiger charge is 2.38. The van der Waals surface area contributed by atoms with E-state index in [1.54, 1.807) is 0 Å². The number of hydrogen-bond acceptors (Lipinski definition) is 2. The normalized spacial score (nSPS) is 29.1. The zero-order chi connectivity index (χ0) is 11.0. The van der Waals surface area contributed by atoms with E-state index in [1.165, 1.54) is 4.90 Å². The molecule has 84 valence electrons. The third-order valence-electron chi connectivity index (χ3n) is 2.79. The molecule has 5 heteroatoms. The van der Waals surface area contributed by atoms with Crippen LogP contribution < -0.4 is 5.73 Å². The molecule has 14 heavy (non-hydrogen) atoms. The largest absolute Gasteiger partial charge is 0.401 e. The summed E-state index contributed by atoms with van der Waals surface area (Å²) < 4.78 is 36.3. The predicted octanol–water partition coefficient (Wildman–Crippen LogP) is 1.61. The molecule has 0 aromatic rings. The fraction of sp³-hybridized carbons (Fsp3) is 1.00. The predicted molar refractivity (Wildman–Crippen MR) is 48.9 cm³/mol. The molecule has 0 radical (unpaired) electrons. The lowest BCUT2D eigenvalue weighted by Crippen LogP contribution is -2.54. The van der Waals surface area contributed by atoms with E-state index in [2.05, 4.69) is 0 Å². The molecular weight excluding hydrogens is 193 g/mol. The number of rotatable bonds is 1. The molecule has 1 unspecified atom stereocenters. The Kier molecular flexibility index (Phi) is 3.11. The van der Waals surface area contributed by atoms with Gasteiger partial charge in [-0.2, -0.15) is 13.2 Å². The maximum absolute atomic E-state index is 12.1. The Morgan fingerprint density at radius 3 is 2.43 bits per heavy atom. The maximum atomic E-state index is 12.1. The molecular formula is C9H17F3N2. The Hall–Kier alpha value is -0.290. The van der Waals surface area contributed by atoms with Crippen LogP contribution in [0.1, 0.15) is 20.3 Å². The molecule has 0 aromatic carbocycles. The van der Waals surface area contributed by atoms with Gasteiger partial charge in [0.25, 0.3) is 0 Å². The number of alkyl halides is 3. The molecule has 1 aliphatic heterocycles. The first kappa shape index (κ1) is 11.8. The summed E-state index contributed by atoms with van der Waals surface area (Å²) in [6.07, 6.45) is -3.46. The van der Waals surface area contributed by atoms with Crippen molar-refractivity contribution in [2.24, 2.45) is 11.1 Å². The number of hydrogen-bond donors (Lipinski definition) is 1. The molecule has 1 saturated heterocycles. The van der Waals surface area contributed by atoms with Gasteiger partial charge in [0.1, 0.15) is 0 Å². The summed E-state index contributed by atoms with van der Waals surface area (Å²) in [6, 6.07) is 0.00647. The fourth-order valence-electron chi connectivity index (χ4n) is 1.87. The average molecular weight is 210 g/mol. The van der Waals surface area contributed by atoms with E-state index >= 15 is 0 Å². The monoisotopic (exact) mass is 210 g/mol. The first-order valence-corrected chi connectivity index (χ1v) is 4.75. The van der Waals surface area contributed by atoms with E-state index < -0.39 is 12.7 Å². The van der Waals surface area contributed by atoms with Crippen molar-refractivity contribution in [3.63, 3.8) is 0 Å². The first-order chi connectivity index (χ1) is 6.21. The van der Waals surface area contributed by atoms with Gasteiger partial charge < -0.3 is 5.73 Å². The van der Waals surface area contributed by atoms with Gasteiger partial charge in [0.15, 0.2) is 0 Å². The van der Waals surface area contributed by atoms with Crippen LogP contribution in [0.4, 0.5) is 13.2 Å². The Morgan fingerprint density at radius 1 is 1.43 bits per heavy atom. The molecule has 2 nitrogen and oxygen atoms in total. The van der Waals surface area contributed by atoms with E-state index in [0.717, 1.165) is 0 Å². The maximum Gasteiger partial charge on any atom is 0.401 e. The lowest BCUT2D eigenvalue weighted by Gasteiger charge is -2.42. The minimum atomic E-state index is -4.10. The summed E-state index contributed by atoms with van der Waals surface area (Å²) in [5.74, 6) is 0. The SMILES string of the molecule is CC1(C)CN(CC(F)(F)F)CCC1N. The minimum absolute atomic E-state index is 0.00647. The molecule has 0 aliphatic carbocycles. The van der Waals surface area contributed by atoms with Crippen molar-refractivity contribution in [1.82, 2.24) is 4.90 Å². The van der Waals surface area contributed by atoms with E-state index in [0.29, 0.717) is 19.5 Å². The number of halogens is 3. The van der Waals surface area contributed by atoms with Crippen LogP contribution in [-0.4, -0.2) is 36.8 Å². The van der Waals surface area contributed by atoms with Gasteiger partial charge in [-0.3, -0.25) is 4.90 Å². The third kappa shape index (κ3) is 3.13. The molecule has 0 spiro atoms. The van der Waals surface area contributed by atoms with Crippen molar-refractivity contribution in [2.75, 3.05) is 19.6 Å². The molecule has 1 aliphatic rings. The number of nitrogens with zero attached hydrogens (tertiary/aromatic N) is 1. The van der Waals surface area contributed by atoms with Crippen LogP contribution in [-0.2, 0) is 0 Å². The zero-order valence-electron chi connectivity index (χ0n) is 8.56. The number of nitrogens with two attached hydrogens (primary N) is 1. The molecule has 0 bridgehead atoms. The second-order valence-corrected chi connectivity index (χ2v) is 4.71. The Balaban J connectivity index is 2.52. The van der Waals surface area contributed by atoms with Gasteiger partial charge in [0, 0.05) is 12.6 Å². The number of piperidine rings is 1. The lowest BCUT2D eigenvalue weighted by atomic mass is 9.80. The van der Waals surface area contributed by atoms with Crippen molar-refractivity contribution in [3.05, 3.63) is 0 Å². The molecule has 1 atom stereocenters. The van der Waals surface area contributed by atoms with E-state index in [1.807, 2.05) is 13.8 Å². The minimum Gasteiger partial charge on any atom is -0.327 e. The quantitative estimate of drug-likeness (QED) is 0.712. The Bertz CT molecular complexity index is 201. The third-order valence-corrected chi connectivity index (χ3v) is 2.79. The van der Waals surface area contributed by atoms with Crippen molar-refractivity contribution in [1.29, 1.82) is 0 Å². The molecule has 0 amide bonds. The topological polar surface area (TPSA) is 29.3 Å². The summed E-state index contributed by atoms with van der Waals surface area (Å²) in [5, 5.41) is 0. The van der Waals surface area contributed by atoms with Crippen LogP contribution in [0.15, 0.2) is 0 Å². The highest BCUT2D eigenvalue weighted by molar-refractivity contribution is 4.90. The van der Waals surface area contributed by atoms with Gasteiger partial charge in [0.2, 0.25) is 0 Å². The van der Waals surface area contributed by atoms with Gasteiger partial charge >= 0.3 is 6.18 Å². The molecule has 1 fully saturated rings. The standard InChI is InChI=1S/C9H17F3N2/c1-8(2)5-14(4-3-7(8)13)6-9(10,11)12/h7H,3-6,13H2,1-2H3. The second kappa shape index (κ2) is 3.70. The molecule has 1 rings (SSSR count). The van der Waals surface area contributed by atoms with Crippen LogP contribution in [0, 0.1) is 5.41 Å². The Labute approximate surface area is 82.2 Å². The van der Waals surface area contributed by atoms with E-state index in [-0.39, 0.29) is 11.5 Å². The number of likely N-dealkylation sites (tertiary alicyclic amines) is 1. The van der Waals surface area contributed by atoms with Crippen LogP contribution >= 0.6 is 0 Å². The molecule has 2 N–H and O–H groups in total. The van der Waals surface area contributed by atoms with Gasteiger partial charge in [-0.1, -0.05) is 13.8 Å². The van der Waals surface area contributed by atoms with Gasteiger partial charge in [-0.05, 0) is 18.4 Å². The van der Waals surface area contributed by atoms with E-state index in [4.69, 9.17) is 5.73 Å². The van der Waals surface area contributed by atoms with E-state index in [9.17, 15) is 13.2 Å².